The Morgan fingerprint density at radius 1 is 1.17 bits per heavy atom. The third kappa shape index (κ3) is 3.64. The van der Waals surface area contributed by atoms with Gasteiger partial charge in [0.1, 0.15) is 5.75 Å². The summed E-state index contributed by atoms with van der Waals surface area (Å²) in [5, 5.41) is 8.40. The first kappa shape index (κ1) is 18.9. The molecule has 3 aromatic heterocycles. The fourth-order valence-electron chi connectivity index (χ4n) is 3.05. The number of carbonyl (C=O) groups excluding carboxylic acids is 1. The molecule has 0 radical (unpaired) electrons. The Balaban J connectivity index is 1.67. The lowest BCUT2D eigenvalue weighted by Crippen LogP contribution is -2.23. The van der Waals surface area contributed by atoms with Crippen LogP contribution in [0.1, 0.15) is 21.6 Å². The van der Waals surface area contributed by atoms with Crippen LogP contribution in [0.4, 0.5) is 0 Å². The van der Waals surface area contributed by atoms with Gasteiger partial charge in [-0.25, -0.2) is 9.67 Å². The van der Waals surface area contributed by atoms with Crippen molar-refractivity contribution in [1.29, 1.82) is 0 Å². The quantitative estimate of drug-likeness (QED) is 0.545. The molecule has 0 unspecified atom stereocenters. The topological polar surface area (TPSA) is 81.9 Å². The highest BCUT2D eigenvalue weighted by atomic mass is 35.5. The van der Waals surface area contributed by atoms with E-state index in [9.17, 15) is 4.79 Å². The molecular weight excluding hydrogens is 390 g/mol. The smallest absolute Gasteiger partial charge is 0.254 e. The molecule has 7 nitrogen and oxygen atoms in total. The van der Waals surface area contributed by atoms with Crippen molar-refractivity contribution in [1.82, 2.24) is 25.1 Å². The van der Waals surface area contributed by atoms with E-state index in [1.807, 2.05) is 43.3 Å². The molecule has 0 aliphatic carbocycles. The number of hydrogen-bond donors (Lipinski definition) is 1. The SMILES string of the molecule is COc1ccc(-n2nc(C)c3c(Cl)c(C(=O)NCc4ccncc4)cnc32)cc1. The molecule has 1 amide bonds. The predicted octanol–water partition coefficient (Wildman–Crippen LogP) is 3.72. The van der Waals surface area contributed by atoms with Gasteiger partial charge in [0, 0.05) is 25.1 Å². The van der Waals surface area contributed by atoms with Gasteiger partial charge in [-0.2, -0.15) is 5.10 Å². The van der Waals surface area contributed by atoms with Gasteiger partial charge in [0.25, 0.3) is 5.91 Å². The number of aryl methyl sites for hydroxylation is 1. The number of amides is 1. The minimum absolute atomic E-state index is 0.294. The van der Waals surface area contributed by atoms with Crippen LogP contribution < -0.4 is 10.1 Å². The molecule has 0 fully saturated rings. The van der Waals surface area contributed by atoms with Gasteiger partial charge in [0.2, 0.25) is 0 Å². The zero-order valence-corrected chi connectivity index (χ0v) is 16.6. The number of aromatic nitrogens is 4. The van der Waals surface area contributed by atoms with Gasteiger partial charge in [-0.3, -0.25) is 9.78 Å². The van der Waals surface area contributed by atoms with E-state index >= 15 is 0 Å². The fourth-order valence-corrected chi connectivity index (χ4v) is 3.40. The summed E-state index contributed by atoms with van der Waals surface area (Å²) < 4.78 is 6.90. The molecule has 0 spiro atoms. The second-order valence-corrected chi connectivity index (χ2v) is 6.80. The van der Waals surface area contributed by atoms with Gasteiger partial charge in [-0.05, 0) is 48.9 Å². The molecule has 3 heterocycles. The molecule has 0 saturated heterocycles. The lowest BCUT2D eigenvalue weighted by molar-refractivity contribution is 0.0951. The summed E-state index contributed by atoms with van der Waals surface area (Å²) in [5.74, 6) is 0.457. The molecule has 1 N–H and O–H groups in total. The lowest BCUT2D eigenvalue weighted by atomic mass is 10.2. The first-order chi connectivity index (χ1) is 14.1. The van der Waals surface area contributed by atoms with Gasteiger partial charge in [-0.1, -0.05) is 11.6 Å². The molecule has 29 heavy (non-hydrogen) atoms. The van der Waals surface area contributed by atoms with Gasteiger partial charge in [-0.15, -0.1) is 0 Å². The standard InChI is InChI=1S/C21H18ClN5O2/c1-13-18-19(22)17(21(28)25-11-14-7-9-23-10-8-14)12-24-20(18)27(26-13)15-3-5-16(29-2)6-4-15/h3-10,12H,11H2,1-2H3,(H,25,28). The number of rotatable bonds is 5. The first-order valence-corrected chi connectivity index (χ1v) is 9.31. The summed E-state index contributed by atoms with van der Waals surface area (Å²) >= 11 is 6.59. The van der Waals surface area contributed by atoms with Crippen LogP contribution in [0.15, 0.2) is 55.0 Å². The number of nitrogens with one attached hydrogen (secondary N) is 1. The number of hydrogen-bond acceptors (Lipinski definition) is 5. The van der Waals surface area contributed by atoms with E-state index < -0.39 is 0 Å². The summed E-state index contributed by atoms with van der Waals surface area (Å²) in [6.45, 7) is 2.22. The van der Waals surface area contributed by atoms with E-state index in [-0.39, 0.29) is 5.91 Å². The summed E-state index contributed by atoms with van der Waals surface area (Å²) in [5.41, 5.74) is 3.36. The fraction of sp³-hybridized carbons (Fsp3) is 0.143. The number of halogens is 1. The summed E-state index contributed by atoms with van der Waals surface area (Å²) in [7, 11) is 1.62. The third-order valence-electron chi connectivity index (χ3n) is 4.57. The van der Waals surface area contributed by atoms with E-state index in [1.165, 1.54) is 6.20 Å². The van der Waals surface area contributed by atoms with Crippen LogP contribution in [0.2, 0.25) is 5.02 Å². The van der Waals surface area contributed by atoms with Crippen molar-refractivity contribution < 1.29 is 9.53 Å². The van der Waals surface area contributed by atoms with Crippen LogP contribution in [-0.2, 0) is 6.54 Å². The molecule has 4 aromatic rings. The number of benzene rings is 1. The maximum atomic E-state index is 12.6. The summed E-state index contributed by atoms with van der Waals surface area (Å²) in [6.07, 6.45) is 4.84. The Kier molecular flexibility index (Phi) is 5.14. The maximum Gasteiger partial charge on any atom is 0.254 e. The number of ether oxygens (including phenoxy) is 1. The zero-order chi connectivity index (χ0) is 20.4. The Morgan fingerprint density at radius 3 is 2.59 bits per heavy atom. The first-order valence-electron chi connectivity index (χ1n) is 8.94. The molecule has 4 rings (SSSR count). The molecule has 0 aliphatic rings. The number of fused-ring (bicyclic) bond motifs is 1. The van der Waals surface area contributed by atoms with E-state index in [0.29, 0.717) is 33.9 Å². The monoisotopic (exact) mass is 407 g/mol. The largest absolute Gasteiger partial charge is 0.497 e. The van der Waals surface area contributed by atoms with Gasteiger partial charge in [0.05, 0.1) is 34.5 Å². The molecule has 0 atom stereocenters. The second kappa shape index (κ2) is 7.89. The molecule has 0 aliphatic heterocycles. The van der Waals surface area contributed by atoms with Gasteiger partial charge >= 0.3 is 0 Å². The minimum atomic E-state index is -0.294. The molecule has 1 aromatic carbocycles. The highest BCUT2D eigenvalue weighted by molar-refractivity contribution is 6.38. The average molecular weight is 408 g/mol. The van der Waals surface area contributed by atoms with Crippen LogP contribution in [0.5, 0.6) is 5.75 Å². The summed E-state index contributed by atoms with van der Waals surface area (Å²) in [4.78, 5) is 21.1. The van der Waals surface area contributed by atoms with Crippen LogP contribution in [0.25, 0.3) is 16.7 Å². The van der Waals surface area contributed by atoms with E-state index in [0.717, 1.165) is 17.0 Å². The average Bonchev–Trinajstić information content (AvgIpc) is 3.10. The normalized spacial score (nSPS) is 10.9. The number of carbonyl (C=O) groups is 1. The van der Waals surface area contributed by atoms with E-state index in [2.05, 4.69) is 20.4 Å². The van der Waals surface area contributed by atoms with Gasteiger partial charge in [0.15, 0.2) is 5.65 Å². The molecular formula is C21H18ClN5O2. The van der Waals surface area contributed by atoms with Gasteiger partial charge < -0.3 is 10.1 Å². The summed E-state index contributed by atoms with van der Waals surface area (Å²) in [6, 6.07) is 11.1. The highest BCUT2D eigenvalue weighted by Gasteiger charge is 2.20. The van der Waals surface area contributed by atoms with Crippen LogP contribution in [0, 0.1) is 6.92 Å². The zero-order valence-electron chi connectivity index (χ0n) is 15.9. The molecule has 0 bridgehead atoms. The predicted molar refractivity (Wildman–Crippen MR) is 111 cm³/mol. The Hall–Kier alpha value is -3.45. The van der Waals surface area contributed by atoms with E-state index in [4.69, 9.17) is 16.3 Å². The van der Waals surface area contributed by atoms with Crippen LogP contribution >= 0.6 is 11.6 Å². The van der Waals surface area contributed by atoms with Crippen molar-refractivity contribution in [3.05, 3.63) is 76.8 Å². The Labute approximate surface area is 172 Å². The van der Waals surface area contributed by atoms with Crippen molar-refractivity contribution in [2.45, 2.75) is 13.5 Å². The van der Waals surface area contributed by atoms with Crippen molar-refractivity contribution in [2.75, 3.05) is 7.11 Å². The van der Waals surface area contributed by atoms with Crippen molar-refractivity contribution in [3.8, 4) is 11.4 Å². The highest BCUT2D eigenvalue weighted by Crippen LogP contribution is 2.30. The van der Waals surface area contributed by atoms with Crippen molar-refractivity contribution >= 4 is 28.5 Å². The minimum Gasteiger partial charge on any atom is -0.497 e. The second-order valence-electron chi connectivity index (χ2n) is 6.42. The molecule has 8 heteroatoms. The van der Waals surface area contributed by atoms with Crippen molar-refractivity contribution in [3.63, 3.8) is 0 Å². The van der Waals surface area contributed by atoms with Crippen LogP contribution in [0.3, 0.4) is 0 Å². The number of nitrogens with zero attached hydrogens (tertiary/aromatic N) is 4. The lowest BCUT2D eigenvalue weighted by Gasteiger charge is -2.08. The van der Waals surface area contributed by atoms with Crippen molar-refractivity contribution in [2.24, 2.45) is 0 Å². The van der Waals surface area contributed by atoms with E-state index in [1.54, 1.807) is 24.2 Å². The molecule has 146 valence electrons. The Bertz CT molecular complexity index is 1170. The number of methoxy groups -OCH3 is 1. The Morgan fingerprint density at radius 2 is 1.90 bits per heavy atom. The van der Waals surface area contributed by atoms with Crippen LogP contribution in [-0.4, -0.2) is 32.8 Å². The number of pyridine rings is 2. The maximum absolute atomic E-state index is 12.6. The molecule has 0 saturated carbocycles. The third-order valence-corrected chi connectivity index (χ3v) is 4.96.